The van der Waals surface area contributed by atoms with Gasteiger partial charge in [0.25, 0.3) is 12.9 Å². The average Bonchev–Trinajstić information content (AvgIpc) is 2.48. The first-order valence-electron chi connectivity index (χ1n) is 6.11. The van der Waals surface area contributed by atoms with Gasteiger partial charge in [-0.2, -0.15) is 0 Å². The average molecular weight is 334 g/mol. The molecule has 0 saturated heterocycles. The summed E-state index contributed by atoms with van der Waals surface area (Å²) in [5.41, 5.74) is -0.369. The summed E-state index contributed by atoms with van der Waals surface area (Å²) in [5.74, 6) is 0.218. The zero-order valence-electron chi connectivity index (χ0n) is 11.0. The van der Waals surface area contributed by atoms with Crippen LogP contribution in [0.1, 0.15) is 24.0 Å². The van der Waals surface area contributed by atoms with Crippen LogP contribution in [0.4, 0.5) is 17.6 Å². The third-order valence-electron chi connectivity index (χ3n) is 2.67. The third kappa shape index (κ3) is 4.49. The molecular formula is C14H11F4O3P. The van der Waals surface area contributed by atoms with E-state index in [-0.39, 0.29) is 22.6 Å². The van der Waals surface area contributed by atoms with E-state index in [4.69, 9.17) is 9.05 Å². The molecule has 2 rings (SSSR count). The van der Waals surface area contributed by atoms with Crippen LogP contribution in [0.2, 0.25) is 0 Å². The lowest BCUT2D eigenvalue weighted by atomic mass is 10.2. The Morgan fingerprint density at radius 3 is 1.27 bits per heavy atom. The van der Waals surface area contributed by atoms with Crippen molar-refractivity contribution in [3.8, 4) is 11.5 Å². The second-order valence-corrected chi connectivity index (χ2v) is 5.10. The maximum absolute atomic E-state index is 12.4. The van der Waals surface area contributed by atoms with Crippen LogP contribution < -0.4 is 9.05 Å². The van der Waals surface area contributed by atoms with Crippen molar-refractivity contribution in [1.82, 2.24) is 0 Å². The predicted molar refractivity (Wildman–Crippen MR) is 73.1 cm³/mol. The zero-order valence-corrected chi connectivity index (χ0v) is 12.0. The molecule has 0 spiro atoms. The molecule has 2 aromatic carbocycles. The molecule has 0 amide bonds. The van der Waals surface area contributed by atoms with E-state index in [0.717, 1.165) is 24.3 Å². The molecule has 0 atom stereocenters. The maximum atomic E-state index is 12.4. The number of rotatable bonds is 6. The Morgan fingerprint density at radius 1 is 0.682 bits per heavy atom. The van der Waals surface area contributed by atoms with Crippen LogP contribution in [0.3, 0.4) is 0 Å². The highest BCUT2D eigenvalue weighted by Gasteiger charge is 2.10. The van der Waals surface area contributed by atoms with Gasteiger partial charge in [0.05, 0.1) is 0 Å². The summed E-state index contributed by atoms with van der Waals surface area (Å²) in [6.07, 6.45) is -5.20. The molecule has 0 aromatic heterocycles. The fraction of sp³-hybridized carbons (Fsp3) is 0.143. The maximum Gasteiger partial charge on any atom is 0.418 e. The second kappa shape index (κ2) is 7.31. The van der Waals surface area contributed by atoms with Gasteiger partial charge in [-0.1, -0.05) is 0 Å². The van der Waals surface area contributed by atoms with Gasteiger partial charge in [0.1, 0.15) is 11.5 Å². The van der Waals surface area contributed by atoms with E-state index in [9.17, 15) is 22.1 Å². The topological polar surface area (TPSA) is 35.5 Å². The minimum atomic E-state index is -2.98. The molecule has 2 aromatic rings. The van der Waals surface area contributed by atoms with Gasteiger partial charge < -0.3 is 9.05 Å². The highest BCUT2D eigenvalue weighted by Crippen LogP contribution is 2.32. The van der Waals surface area contributed by atoms with E-state index in [1.165, 1.54) is 24.3 Å². The molecule has 0 aliphatic rings. The van der Waals surface area contributed by atoms with E-state index >= 15 is 0 Å². The first kappa shape index (κ1) is 16.4. The minimum absolute atomic E-state index is 0.109. The van der Waals surface area contributed by atoms with Crippen molar-refractivity contribution >= 4 is 8.25 Å². The first-order chi connectivity index (χ1) is 10.5. The van der Waals surface area contributed by atoms with Crippen molar-refractivity contribution in [2.45, 2.75) is 12.9 Å². The Hall–Kier alpha value is -2.01. The van der Waals surface area contributed by atoms with Gasteiger partial charge in [0.2, 0.25) is 0 Å². The molecular weight excluding hydrogens is 323 g/mol. The van der Waals surface area contributed by atoms with Gasteiger partial charge in [0.15, 0.2) is 0 Å². The van der Waals surface area contributed by atoms with Crippen LogP contribution in [0.25, 0.3) is 0 Å². The summed E-state index contributed by atoms with van der Waals surface area (Å²) < 4.78 is 71.0. The SMILES string of the molecule is O=[PH](Oc1ccc(C(F)F)cc1)Oc1ccc(C(F)F)cc1. The van der Waals surface area contributed by atoms with Gasteiger partial charge in [-0.05, 0) is 48.5 Å². The lowest BCUT2D eigenvalue weighted by Gasteiger charge is -2.09. The molecule has 0 aliphatic heterocycles. The first-order valence-corrected chi connectivity index (χ1v) is 7.34. The Morgan fingerprint density at radius 2 is 1.00 bits per heavy atom. The van der Waals surface area contributed by atoms with Gasteiger partial charge in [-0.3, -0.25) is 0 Å². The molecule has 22 heavy (non-hydrogen) atoms. The van der Waals surface area contributed by atoms with Crippen molar-refractivity contribution < 1.29 is 31.2 Å². The number of hydrogen-bond acceptors (Lipinski definition) is 3. The number of halogens is 4. The van der Waals surface area contributed by atoms with E-state index in [1.54, 1.807) is 0 Å². The summed E-state index contributed by atoms with van der Waals surface area (Å²) >= 11 is 0. The highest BCUT2D eigenvalue weighted by molar-refractivity contribution is 7.34. The summed E-state index contributed by atoms with van der Waals surface area (Å²) in [5, 5.41) is 0. The van der Waals surface area contributed by atoms with Crippen LogP contribution in [-0.4, -0.2) is 0 Å². The molecule has 0 N–H and O–H groups in total. The zero-order chi connectivity index (χ0) is 16.1. The van der Waals surface area contributed by atoms with Crippen molar-refractivity contribution in [1.29, 1.82) is 0 Å². The van der Waals surface area contributed by atoms with E-state index in [0.29, 0.717) is 0 Å². The van der Waals surface area contributed by atoms with Crippen LogP contribution in [0.15, 0.2) is 48.5 Å². The van der Waals surface area contributed by atoms with Crippen molar-refractivity contribution in [3.63, 3.8) is 0 Å². The fourth-order valence-corrected chi connectivity index (χ4v) is 2.27. The van der Waals surface area contributed by atoms with Crippen LogP contribution in [-0.2, 0) is 4.57 Å². The highest BCUT2D eigenvalue weighted by atomic mass is 31.1. The summed E-state index contributed by atoms with van der Waals surface area (Å²) in [7, 11) is -2.98. The molecule has 8 heteroatoms. The largest absolute Gasteiger partial charge is 0.418 e. The van der Waals surface area contributed by atoms with Gasteiger partial charge >= 0.3 is 8.25 Å². The van der Waals surface area contributed by atoms with Crippen LogP contribution in [0, 0.1) is 0 Å². The molecule has 0 aliphatic carbocycles. The fourth-order valence-electron chi connectivity index (χ4n) is 1.58. The third-order valence-corrected chi connectivity index (χ3v) is 3.47. The Labute approximate surface area is 124 Å². The standard InChI is InChI=1S/C14H11F4O3P/c15-13(16)9-1-5-11(6-2-9)20-22(19)21-12-7-3-10(4-8-12)14(17)18/h1-8,13-14,22H. The number of alkyl halides is 4. The van der Waals surface area contributed by atoms with E-state index < -0.39 is 21.1 Å². The Balaban J connectivity index is 1.94. The molecule has 0 unspecified atom stereocenters. The van der Waals surface area contributed by atoms with Crippen molar-refractivity contribution in [2.75, 3.05) is 0 Å². The van der Waals surface area contributed by atoms with Gasteiger partial charge in [0, 0.05) is 11.1 Å². The monoisotopic (exact) mass is 334 g/mol. The molecule has 118 valence electrons. The summed E-state index contributed by atoms with van der Waals surface area (Å²) in [6, 6.07) is 9.56. The molecule has 0 radical (unpaired) electrons. The minimum Gasteiger partial charge on any atom is -0.418 e. The lowest BCUT2D eigenvalue weighted by Crippen LogP contribution is -1.90. The van der Waals surface area contributed by atoms with Crippen molar-refractivity contribution in [3.05, 3.63) is 59.7 Å². The molecule has 0 saturated carbocycles. The van der Waals surface area contributed by atoms with Crippen LogP contribution in [0.5, 0.6) is 11.5 Å². The number of benzene rings is 2. The quantitative estimate of drug-likeness (QED) is 0.523. The molecule has 0 heterocycles. The van der Waals surface area contributed by atoms with E-state index in [1.807, 2.05) is 0 Å². The summed E-state index contributed by atoms with van der Waals surface area (Å²) in [4.78, 5) is 0. The molecule has 0 bridgehead atoms. The molecule has 0 fully saturated rings. The molecule has 3 nitrogen and oxygen atoms in total. The van der Waals surface area contributed by atoms with Crippen molar-refractivity contribution in [2.24, 2.45) is 0 Å². The number of hydrogen-bond donors (Lipinski definition) is 0. The predicted octanol–water partition coefficient (Wildman–Crippen LogP) is 5.41. The lowest BCUT2D eigenvalue weighted by molar-refractivity contribution is 0.151. The second-order valence-electron chi connectivity index (χ2n) is 4.19. The summed E-state index contributed by atoms with van der Waals surface area (Å²) in [6.45, 7) is 0. The van der Waals surface area contributed by atoms with E-state index in [2.05, 4.69) is 0 Å². The normalized spacial score (nSPS) is 11.2. The smallest absolute Gasteiger partial charge is 0.418 e. The van der Waals surface area contributed by atoms with Gasteiger partial charge in [-0.15, -0.1) is 0 Å². The van der Waals surface area contributed by atoms with Gasteiger partial charge in [-0.25, -0.2) is 22.1 Å². The van der Waals surface area contributed by atoms with Crippen LogP contribution >= 0.6 is 8.25 Å². The Kier molecular flexibility index (Phi) is 5.44. The Bertz CT molecular complexity index is 574.